The summed E-state index contributed by atoms with van der Waals surface area (Å²) >= 11 is 0. The molecule has 7 heteroatoms. The normalized spacial score (nSPS) is 19.9. The second kappa shape index (κ2) is 7.50. The van der Waals surface area contributed by atoms with Crippen LogP contribution in [0.5, 0.6) is 0 Å². The molecule has 0 aliphatic carbocycles. The van der Waals surface area contributed by atoms with Crippen molar-refractivity contribution in [3.05, 3.63) is 35.4 Å². The van der Waals surface area contributed by atoms with E-state index in [0.717, 1.165) is 18.2 Å². The number of rotatable bonds is 4. The van der Waals surface area contributed by atoms with Crippen LogP contribution in [0.25, 0.3) is 0 Å². The molecule has 1 aliphatic heterocycles. The van der Waals surface area contributed by atoms with Gasteiger partial charge >= 0.3 is 0 Å². The zero-order valence-electron chi connectivity index (χ0n) is 13.0. The highest BCUT2D eigenvalue weighted by Gasteiger charge is 2.28. The highest BCUT2D eigenvalue weighted by molar-refractivity contribution is 5.87. The number of hydrogen-bond donors (Lipinski definition) is 2. The zero-order valence-corrected chi connectivity index (χ0v) is 13.0. The quantitative estimate of drug-likeness (QED) is 0.866. The van der Waals surface area contributed by atoms with Gasteiger partial charge in [-0.3, -0.25) is 9.59 Å². The van der Waals surface area contributed by atoms with Crippen LogP contribution in [0.15, 0.2) is 18.2 Å². The van der Waals surface area contributed by atoms with Crippen molar-refractivity contribution in [3.8, 4) is 0 Å². The van der Waals surface area contributed by atoms with Gasteiger partial charge in [-0.25, -0.2) is 8.78 Å². The van der Waals surface area contributed by atoms with E-state index in [-0.39, 0.29) is 30.2 Å². The Balaban J connectivity index is 1.98. The van der Waals surface area contributed by atoms with Gasteiger partial charge in [0.25, 0.3) is 0 Å². The van der Waals surface area contributed by atoms with Crippen molar-refractivity contribution in [2.75, 3.05) is 13.1 Å². The minimum atomic E-state index is -0.641. The summed E-state index contributed by atoms with van der Waals surface area (Å²) in [6.07, 6.45) is 0.715. The van der Waals surface area contributed by atoms with E-state index in [4.69, 9.17) is 5.73 Å². The zero-order chi connectivity index (χ0) is 17.0. The lowest BCUT2D eigenvalue weighted by molar-refractivity contribution is -0.139. The van der Waals surface area contributed by atoms with Crippen molar-refractivity contribution in [2.45, 2.75) is 38.3 Å². The van der Waals surface area contributed by atoms with Crippen LogP contribution in [0.2, 0.25) is 0 Å². The Kier molecular flexibility index (Phi) is 5.65. The molecule has 1 heterocycles. The van der Waals surface area contributed by atoms with E-state index in [9.17, 15) is 18.4 Å². The van der Waals surface area contributed by atoms with Crippen molar-refractivity contribution in [3.63, 3.8) is 0 Å². The summed E-state index contributed by atoms with van der Waals surface area (Å²) in [6, 6.07) is 1.97. The number of carbonyl (C=O) groups excluding carboxylic acids is 2. The predicted molar refractivity (Wildman–Crippen MR) is 81.5 cm³/mol. The highest BCUT2D eigenvalue weighted by atomic mass is 19.1. The average molecular weight is 325 g/mol. The van der Waals surface area contributed by atoms with E-state index >= 15 is 0 Å². The van der Waals surface area contributed by atoms with Crippen molar-refractivity contribution >= 4 is 11.8 Å². The largest absolute Gasteiger partial charge is 0.354 e. The van der Waals surface area contributed by atoms with Gasteiger partial charge in [0.05, 0.1) is 0 Å². The fraction of sp³-hybridized carbons (Fsp3) is 0.500. The number of hydrogen-bond acceptors (Lipinski definition) is 3. The maximum absolute atomic E-state index is 13.6. The topological polar surface area (TPSA) is 75.4 Å². The van der Waals surface area contributed by atoms with E-state index in [0.29, 0.717) is 19.5 Å². The molecule has 0 spiro atoms. The Labute approximate surface area is 133 Å². The monoisotopic (exact) mass is 325 g/mol. The summed E-state index contributed by atoms with van der Waals surface area (Å²) in [7, 11) is 0. The van der Waals surface area contributed by atoms with Crippen LogP contribution < -0.4 is 11.1 Å². The lowest BCUT2D eigenvalue weighted by Gasteiger charge is -2.26. The van der Waals surface area contributed by atoms with Gasteiger partial charge in [-0.1, -0.05) is 0 Å². The van der Waals surface area contributed by atoms with Crippen molar-refractivity contribution in [2.24, 2.45) is 5.73 Å². The fourth-order valence-electron chi connectivity index (χ4n) is 2.68. The molecule has 1 aromatic rings. The highest BCUT2D eigenvalue weighted by Crippen LogP contribution is 2.14. The van der Waals surface area contributed by atoms with Gasteiger partial charge in [-0.15, -0.1) is 0 Å². The number of nitrogens with two attached hydrogens (primary N) is 1. The van der Waals surface area contributed by atoms with Gasteiger partial charge in [0, 0.05) is 25.6 Å². The predicted octanol–water partition coefficient (Wildman–Crippen LogP) is 0.962. The molecular weight excluding hydrogens is 304 g/mol. The van der Waals surface area contributed by atoms with Crippen molar-refractivity contribution < 1.29 is 18.4 Å². The Hall–Kier alpha value is -2.02. The molecule has 1 unspecified atom stereocenters. The second-order valence-corrected chi connectivity index (χ2v) is 5.81. The molecule has 0 radical (unpaired) electrons. The molecule has 3 N–H and O–H groups in total. The SMILES string of the molecule is CC1C(=O)NCCCN1C(=O)C[C@H](N)Cc1cc(F)ccc1F. The number of carbonyl (C=O) groups is 2. The molecule has 1 saturated heterocycles. The second-order valence-electron chi connectivity index (χ2n) is 5.81. The van der Waals surface area contributed by atoms with Crippen LogP contribution in [-0.2, 0) is 16.0 Å². The minimum Gasteiger partial charge on any atom is -0.354 e. The first kappa shape index (κ1) is 17.3. The van der Waals surface area contributed by atoms with Gasteiger partial charge in [0.15, 0.2) is 0 Å². The van der Waals surface area contributed by atoms with E-state index in [1.807, 2.05) is 0 Å². The summed E-state index contributed by atoms with van der Waals surface area (Å²) in [5, 5.41) is 2.73. The standard InChI is InChI=1S/C16H21F2N3O2/c1-10-16(23)20-5-2-6-21(10)15(22)9-13(19)8-11-7-12(17)3-4-14(11)18/h3-4,7,10,13H,2,5-6,8-9,19H2,1H3,(H,20,23)/t10?,13-/m1/s1. The number of halogens is 2. The molecule has 0 bridgehead atoms. The maximum Gasteiger partial charge on any atom is 0.242 e. The molecule has 1 fully saturated rings. The molecular formula is C16H21F2N3O2. The molecule has 0 saturated carbocycles. The Bertz CT molecular complexity index is 595. The molecule has 126 valence electrons. The Morgan fingerprint density at radius 3 is 2.96 bits per heavy atom. The van der Waals surface area contributed by atoms with Gasteiger partial charge in [0.1, 0.15) is 17.7 Å². The van der Waals surface area contributed by atoms with Crippen LogP contribution in [0.3, 0.4) is 0 Å². The molecule has 2 atom stereocenters. The number of amides is 2. The molecule has 2 rings (SSSR count). The first-order valence-electron chi connectivity index (χ1n) is 7.65. The van der Waals surface area contributed by atoms with Crippen molar-refractivity contribution in [1.29, 1.82) is 0 Å². The van der Waals surface area contributed by atoms with Crippen LogP contribution in [-0.4, -0.2) is 41.9 Å². The van der Waals surface area contributed by atoms with E-state index in [1.54, 1.807) is 6.92 Å². The maximum atomic E-state index is 13.6. The van der Waals surface area contributed by atoms with E-state index < -0.39 is 23.7 Å². The van der Waals surface area contributed by atoms with Crippen LogP contribution >= 0.6 is 0 Å². The molecule has 2 amide bonds. The molecule has 1 aromatic carbocycles. The summed E-state index contributed by atoms with van der Waals surface area (Å²) in [5.41, 5.74) is 6.06. The molecule has 5 nitrogen and oxygen atoms in total. The number of nitrogens with zero attached hydrogens (tertiary/aromatic N) is 1. The number of benzene rings is 1. The lowest BCUT2D eigenvalue weighted by atomic mass is 10.0. The third kappa shape index (κ3) is 4.48. The summed E-state index contributed by atoms with van der Waals surface area (Å²) in [4.78, 5) is 25.6. The number of nitrogens with one attached hydrogen (secondary N) is 1. The lowest BCUT2D eigenvalue weighted by Crippen LogP contribution is -2.46. The van der Waals surface area contributed by atoms with Crippen LogP contribution in [0.4, 0.5) is 8.78 Å². The molecule has 1 aliphatic rings. The fourth-order valence-corrected chi connectivity index (χ4v) is 2.68. The first-order chi connectivity index (χ1) is 10.9. The molecule has 23 heavy (non-hydrogen) atoms. The summed E-state index contributed by atoms with van der Waals surface area (Å²) in [6.45, 7) is 2.67. The van der Waals surface area contributed by atoms with E-state index in [1.165, 1.54) is 4.90 Å². The third-order valence-corrected chi connectivity index (χ3v) is 3.97. The van der Waals surface area contributed by atoms with Gasteiger partial charge in [-0.05, 0) is 43.5 Å². The third-order valence-electron chi connectivity index (χ3n) is 3.97. The van der Waals surface area contributed by atoms with Crippen LogP contribution in [0, 0.1) is 11.6 Å². The Morgan fingerprint density at radius 2 is 2.22 bits per heavy atom. The smallest absolute Gasteiger partial charge is 0.242 e. The van der Waals surface area contributed by atoms with Gasteiger partial charge in [-0.2, -0.15) is 0 Å². The van der Waals surface area contributed by atoms with Crippen molar-refractivity contribution in [1.82, 2.24) is 10.2 Å². The first-order valence-corrected chi connectivity index (χ1v) is 7.65. The van der Waals surface area contributed by atoms with Gasteiger partial charge in [0.2, 0.25) is 11.8 Å². The van der Waals surface area contributed by atoms with Gasteiger partial charge < -0.3 is 16.0 Å². The Morgan fingerprint density at radius 1 is 1.48 bits per heavy atom. The van der Waals surface area contributed by atoms with E-state index in [2.05, 4.69) is 5.32 Å². The summed E-state index contributed by atoms with van der Waals surface area (Å²) < 4.78 is 26.8. The average Bonchev–Trinajstić information content (AvgIpc) is 2.65. The minimum absolute atomic E-state index is 0.0203. The summed E-state index contributed by atoms with van der Waals surface area (Å²) in [5.74, 6) is -1.53. The van der Waals surface area contributed by atoms with Crippen LogP contribution in [0.1, 0.15) is 25.3 Å². The molecule has 0 aromatic heterocycles.